The summed E-state index contributed by atoms with van der Waals surface area (Å²) in [4.78, 5) is 7.55. The Morgan fingerprint density at radius 1 is 0.925 bits per heavy atom. The summed E-state index contributed by atoms with van der Waals surface area (Å²) in [5.41, 5.74) is 5.01. The molecule has 0 amide bonds. The third kappa shape index (κ3) is 7.11. The van der Waals surface area contributed by atoms with E-state index in [2.05, 4.69) is 58.4 Å². The van der Waals surface area contributed by atoms with Crippen LogP contribution < -0.4 is 14.4 Å². The summed E-state index contributed by atoms with van der Waals surface area (Å²) in [5, 5.41) is 7.16. The van der Waals surface area contributed by atoms with E-state index in [1.54, 1.807) is 14.2 Å². The Kier molecular flexibility index (Phi) is 11.3. The van der Waals surface area contributed by atoms with Crippen LogP contribution in [-0.2, 0) is 13.1 Å². The highest BCUT2D eigenvalue weighted by atomic mass is 35.5. The second-order valence-electron chi connectivity index (χ2n) is 11.6. The Hall–Kier alpha value is -1.90. The highest BCUT2D eigenvalue weighted by molar-refractivity contribution is 6.31. The molecule has 2 saturated heterocycles. The number of ether oxygens (including phenoxy) is 2. The van der Waals surface area contributed by atoms with E-state index in [1.165, 1.54) is 24.1 Å². The molecule has 222 valence electrons. The molecule has 2 aliphatic rings. The van der Waals surface area contributed by atoms with Crippen LogP contribution in [0.5, 0.6) is 11.5 Å². The number of fused-ring (bicyclic) bond motifs is 1. The average molecular weight is 613 g/mol. The van der Waals surface area contributed by atoms with Gasteiger partial charge in [0.2, 0.25) is 0 Å². The quantitative estimate of drug-likeness (QED) is 0.297. The molecule has 0 radical (unpaired) electrons. The van der Waals surface area contributed by atoms with Crippen LogP contribution in [-0.4, -0.2) is 79.6 Å². The topological polar surface area (TPSA) is 46.0 Å². The molecule has 1 aromatic heterocycles. The maximum absolute atomic E-state index is 6.38. The molecule has 5 rings (SSSR count). The summed E-state index contributed by atoms with van der Waals surface area (Å²) in [6.45, 7) is 15.8. The van der Waals surface area contributed by atoms with Gasteiger partial charge in [0, 0.05) is 68.0 Å². The average Bonchev–Trinajstić information content (AvgIpc) is 3.23. The number of likely N-dealkylation sites (tertiary alicyclic amines) is 1. The molecule has 3 aromatic rings. The number of hydrogen-bond donors (Lipinski definition) is 0. The lowest BCUT2D eigenvalue weighted by Gasteiger charge is -2.37. The van der Waals surface area contributed by atoms with Gasteiger partial charge < -0.3 is 14.4 Å². The minimum atomic E-state index is 0. The van der Waals surface area contributed by atoms with Gasteiger partial charge in [0.15, 0.2) is 11.5 Å². The van der Waals surface area contributed by atoms with Crippen LogP contribution in [0.1, 0.15) is 37.9 Å². The number of halogens is 3. The first-order valence-corrected chi connectivity index (χ1v) is 14.2. The van der Waals surface area contributed by atoms with Gasteiger partial charge in [0.1, 0.15) is 0 Å². The predicted octanol–water partition coefficient (Wildman–Crippen LogP) is 6.30. The van der Waals surface area contributed by atoms with Crippen molar-refractivity contribution in [1.29, 1.82) is 0 Å². The van der Waals surface area contributed by atoms with Gasteiger partial charge in [-0.15, -0.1) is 24.8 Å². The largest absolute Gasteiger partial charge is 0.493 e. The van der Waals surface area contributed by atoms with E-state index in [1.807, 2.05) is 12.1 Å². The van der Waals surface area contributed by atoms with Crippen LogP contribution in [0, 0.1) is 12.3 Å². The van der Waals surface area contributed by atoms with E-state index < -0.39 is 0 Å². The molecule has 0 N–H and O–H groups in total. The number of hydrogen-bond acceptors (Lipinski definition) is 6. The number of nitrogens with zero attached hydrogens (tertiary/aromatic N) is 5. The van der Waals surface area contributed by atoms with Gasteiger partial charge >= 0.3 is 0 Å². The Labute approximate surface area is 256 Å². The van der Waals surface area contributed by atoms with Crippen LogP contribution >= 0.6 is 36.4 Å². The van der Waals surface area contributed by atoms with Crippen molar-refractivity contribution >= 4 is 53.0 Å². The maximum Gasteiger partial charge on any atom is 0.162 e. The molecule has 0 atom stereocenters. The van der Waals surface area contributed by atoms with Gasteiger partial charge in [-0.25, -0.2) is 0 Å². The number of anilines is 1. The molecule has 3 heterocycles. The monoisotopic (exact) mass is 611 g/mol. The Morgan fingerprint density at radius 2 is 1.62 bits per heavy atom. The van der Waals surface area contributed by atoms with Gasteiger partial charge in [-0.3, -0.25) is 14.5 Å². The molecule has 7 nitrogen and oxygen atoms in total. The lowest BCUT2D eigenvalue weighted by Crippen LogP contribution is -2.47. The lowest BCUT2D eigenvalue weighted by molar-refractivity contribution is 0.110. The smallest absolute Gasteiger partial charge is 0.162 e. The summed E-state index contributed by atoms with van der Waals surface area (Å²) < 4.78 is 13.5. The van der Waals surface area contributed by atoms with Gasteiger partial charge in [-0.05, 0) is 55.5 Å². The van der Waals surface area contributed by atoms with Crippen molar-refractivity contribution in [3.63, 3.8) is 0 Å². The minimum Gasteiger partial charge on any atom is -0.493 e. The summed E-state index contributed by atoms with van der Waals surface area (Å²) >= 11 is 6.38. The van der Waals surface area contributed by atoms with Crippen LogP contribution in [0.4, 0.5) is 5.69 Å². The fourth-order valence-electron chi connectivity index (χ4n) is 6.13. The van der Waals surface area contributed by atoms with E-state index in [0.717, 1.165) is 92.0 Å². The highest BCUT2D eigenvalue weighted by Gasteiger charge is 2.28. The standard InChI is InChI=1S/C30H42ClN5O2.2ClH/c1-22-24(31)8-6-9-26(22)35-15-12-33(13-16-35)14-17-36-27-19-29(38-5)28(37-4)18-23(27)25(32-36)20-34-11-7-10-30(2,3)21-34;;/h6,8-9,18-19H,7,10-17,20-21H2,1-5H3;2*1H. The van der Waals surface area contributed by atoms with Gasteiger partial charge in [0.25, 0.3) is 0 Å². The first-order chi connectivity index (χ1) is 18.3. The zero-order valence-electron chi connectivity index (χ0n) is 24.4. The normalized spacial score (nSPS) is 17.8. The highest BCUT2D eigenvalue weighted by Crippen LogP contribution is 2.35. The summed E-state index contributed by atoms with van der Waals surface area (Å²) in [7, 11) is 3.40. The molecular formula is C30H44Cl3N5O2. The van der Waals surface area contributed by atoms with Crippen LogP contribution in [0.2, 0.25) is 5.02 Å². The minimum absolute atomic E-state index is 0. The first kappa shape index (κ1) is 32.6. The van der Waals surface area contributed by atoms with Gasteiger partial charge in [0.05, 0.1) is 32.0 Å². The molecule has 0 spiro atoms. The Bertz CT molecular complexity index is 1270. The SMILES string of the molecule is COc1cc2c(CN3CCCC(C)(C)C3)nn(CCN3CCN(c4cccc(Cl)c4C)CC3)c2cc1OC.Cl.Cl. The van der Waals surface area contributed by atoms with Gasteiger partial charge in [-0.1, -0.05) is 31.5 Å². The molecule has 10 heteroatoms. The van der Waals surface area contributed by atoms with Crippen molar-refractivity contribution in [2.75, 3.05) is 64.9 Å². The number of benzene rings is 2. The fraction of sp³-hybridized carbons (Fsp3) is 0.567. The number of piperazine rings is 1. The fourth-order valence-corrected chi connectivity index (χ4v) is 6.30. The van der Waals surface area contributed by atoms with Crippen molar-refractivity contribution in [1.82, 2.24) is 19.6 Å². The maximum atomic E-state index is 6.38. The summed E-state index contributed by atoms with van der Waals surface area (Å²) in [6.07, 6.45) is 2.53. The predicted molar refractivity (Wildman–Crippen MR) is 170 cm³/mol. The third-order valence-electron chi connectivity index (χ3n) is 8.27. The van der Waals surface area contributed by atoms with Crippen LogP contribution in [0.15, 0.2) is 30.3 Å². The first-order valence-electron chi connectivity index (χ1n) is 13.8. The molecule has 2 aromatic carbocycles. The van der Waals surface area contributed by atoms with Crippen molar-refractivity contribution < 1.29 is 9.47 Å². The molecule has 0 bridgehead atoms. The van der Waals surface area contributed by atoms with Crippen molar-refractivity contribution in [3.8, 4) is 11.5 Å². The van der Waals surface area contributed by atoms with E-state index in [9.17, 15) is 0 Å². The van der Waals surface area contributed by atoms with Crippen molar-refractivity contribution in [3.05, 3.63) is 46.6 Å². The van der Waals surface area contributed by atoms with E-state index >= 15 is 0 Å². The van der Waals surface area contributed by atoms with Crippen LogP contribution in [0.3, 0.4) is 0 Å². The molecule has 2 aliphatic heterocycles. The van der Waals surface area contributed by atoms with E-state index in [0.29, 0.717) is 5.41 Å². The van der Waals surface area contributed by atoms with Gasteiger partial charge in [-0.2, -0.15) is 5.10 Å². The van der Waals surface area contributed by atoms with E-state index in [4.69, 9.17) is 26.2 Å². The summed E-state index contributed by atoms with van der Waals surface area (Å²) in [6, 6.07) is 10.4. The molecule has 0 saturated carbocycles. The second kappa shape index (κ2) is 13.8. The van der Waals surface area contributed by atoms with Crippen molar-refractivity contribution in [2.24, 2.45) is 5.41 Å². The number of rotatable bonds is 8. The number of methoxy groups -OCH3 is 2. The number of piperidine rings is 1. The Morgan fingerprint density at radius 3 is 2.30 bits per heavy atom. The third-order valence-corrected chi connectivity index (χ3v) is 8.67. The molecule has 2 fully saturated rings. The summed E-state index contributed by atoms with van der Waals surface area (Å²) in [5.74, 6) is 1.50. The van der Waals surface area contributed by atoms with Crippen LogP contribution in [0.25, 0.3) is 10.9 Å². The van der Waals surface area contributed by atoms with Crippen molar-refractivity contribution in [2.45, 2.75) is 46.7 Å². The number of aromatic nitrogens is 2. The molecule has 0 aliphatic carbocycles. The zero-order valence-corrected chi connectivity index (χ0v) is 26.8. The molecule has 40 heavy (non-hydrogen) atoms. The zero-order chi connectivity index (χ0) is 26.9. The molecule has 0 unspecified atom stereocenters. The molecular weight excluding hydrogens is 569 g/mol. The van der Waals surface area contributed by atoms with E-state index in [-0.39, 0.29) is 24.8 Å². The second-order valence-corrected chi connectivity index (χ2v) is 12.0. The Balaban J connectivity index is 0.00000220. The lowest BCUT2D eigenvalue weighted by atomic mass is 9.84.